The lowest BCUT2D eigenvalue weighted by molar-refractivity contribution is -0.120. The SMILES string of the molecule is NCCNS(=O)(=O)c1cccc(NC(=O)COCCc2ccccc2)c1. The Balaban J connectivity index is 1.82. The van der Waals surface area contributed by atoms with E-state index >= 15 is 0 Å². The molecular formula is C18H23N3O4S. The van der Waals surface area contributed by atoms with Crippen LogP contribution in [-0.4, -0.2) is 40.6 Å². The topological polar surface area (TPSA) is 111 Å². The molecule has 0 atom stereocenters. The second kappa shape index (κ2) is 10.0. The second-order valence-corrected chi connectivity index (χ2v) is 7.32. The number of carbonyl (C=O) groups excluding carboxylic acids is 1. The van der Waals surface area contributed by atoms with Crippen molar-refractivity contribution in [1.82, 2.24) is 4.72 Å². The summed E-state index contributed by atoms with van der Waals surface area (Å²) in [6, 6.07) is 15.8. The van der Waals surface area contributed by atoms with E-state index in [1.807, 2.05) is 30.3 Å². The van der Waals surface area contributed by atoms with Crippen LogP contribution in [0.3, 0.4) is 0 Å². The Hall–Kier alpha value is -2.26. The Morgan fingerprint density at radius 3 is 2.58 bits per heavy atom. The van der Waals surface area contributed by atoms with Crippen molar-refractivity contribution in [2.45, 2.75) is 11.3 Å². The first-order valence-corrected chi connectivity index (χ1v) is 9.71. The molecule has 0 saturated carbocycles. The fraction of sp³-hybridized carbons (Fsp3) is 0.278. The molecule has 2 rings (SSSR count). The fourth-order valence-corrected chi connectivity index (χ4v) is 3.31. The van der Waals surface area contributed by atoms with E-state index in [0.29, 0.717) is 18.7 Å². The van der Waals surface area contributed by atoms with E-state index in [-0.39, 0.29) is 30.5 Å². The Morgan fingerprint density at radius 2 is 1.85 bits per heavy atom. The summed E-state index contributed by atoms with van der Waals surface area (Å²) in [7, 11) is -3.64. The predicted octanol–water partition coefficient (Wildman–Crippen LogP) is 1.12. The summed E-state index contributed by atoms with van der Waals surface area (Å²) in [5.41, 5.74) is 6.83. The Morgan fingerprint density at radius 1 is 1.08 bits per heavy atom. The lowest BCUT2D eigenvalue weighted by Gasteiger charge is -2.09. The van der Waals surface area contributed by atoms with Gasteiger partial charge in [-0.25, -0.2) is 13.1 Å². The molecule has 0 fully saturated rings. The maximum Gasteiger partial charge on any atom is 0.250 e. The van der Waals surface area contributed by atoms with Crippen molar-refractivity contribution in [3.8, 4) is 0 Å². The first-order chi connectivity index (χ1) is 12.5. The van der Waals surface area contributed by atoms with Gasteiger partial charge in [-0.1, -0.05) is 36.4 Å². The van der Waals surface area contributed by atoms with Gasteiger partial charge < -0.3 is 15.8 Å². The molecular weight excluding hydrogens is 354 g/mol. The van der Waals surface area contributed by atoms with Crippen LogP contribution in [0, 0.1) is 0 Å². The van der Waals surface area contributed by atoms with Gasteiger partial charge >= 0.3 is 0 Å². The third kappa shape index (κ3) is 6.57. The van der Waals surface area contributed by atoms with E-state index < -0.39 is 10.0 Å². The molecule has 7 nitrogen and oxygen atoms in total. The molecule has 2 aromatic rings. The van der Waals surface area contributed by atoms with Gasteiger partial charge in [0, 0.05) is 18.8 Å². The molecule has 0 unspecified atom stereocenters. The molecule has 8 heteroatoms. The molecule has 0 aliphatic carbocycles. The van der Waals surface area contributed by atoms with Gasteiger partial charge in [-0.15, -0.1) is 0 Å². The van der Waals surface area contributed by atoms with Crippen molar-refractivity contribution < 1.29 is 17.9 Å². The maximum absolute atomic E-state index is 12.1. The molecule has 140 valence electrons. The van der Waals surface area contributed by atoms with Crippen LogP contribution in [0.1, 0.15) is 5.56 Å². The number of benzene rings is 2. The minimum absolute atomic E-state index is 0.0637. The highest BCUT2D eigenvalue weighted by Crippen LogP contribution is 2.15. The lowest BCUT2D eigenvalue weighted by atomic mass is 10.2. The predicted molar refractivity (Wildman–Crippen MR) is 100 cm³/mol. The van der Waals surface area contributed by atoms with Crippen LogP contribution in [0.25, 0.3) is 0 Å². The molecule has 0 saturated heterocycles. The van der Waals surface area contributed by atoms with Crippen LogP contribution in [0.4, 0.5) is 5.69 Å². The Kier molecular flexibility index (Phi) is 7.73. The average molecular weight is 377 g/mol. The Bertz CT molecular complexity index is 810. The second-order valence-electron chi connectivity index (χ2n) is 5.55. The van der Waals surface area contributed by atoms with Gasteiger partial charge in [0.2, 0.25) is 15.9 Å². The first-order valence-electron chi connectivity index (χ1n) is 8.22. The monoisotopic (exact) mass is 377 g/mol. The molecule has 0 spiro atoms. The summed E-state index contributed by atoms with van der Waals surface area (Å²) in [5.74, 6) is -0.345. The van der Waals surface area contributed by atoms with Gasteiger partial charge in [-0.2, -0.15) is 0 Å². The lowest BCUT2D eigenvalue weighted by Crippen LogP contribution is -2.29. The van der Waals surface area contributed by atoms with E-state index in [1.165, 1.54) is 12.1 Å². The minimum atomic E-state index is -3.64. The maximum atomic E-state index is 12.1. The third-order valence-electron chi connectivity index (χ3n) is 3.48. The largest absolute Gasteiger partial charge is 0.371 e. The van der Waals surface area contributed by atoms with Crippen LogP contribution < -0.4 is 15.8 Å². The number of ether oxygens (including phenoxy) is 1. The van der Waals surface area contributed by atoms with Crippen LogP contribution in [0.5, 0.6) is 0 Å². The smallest absolute Gasteiger partial charge is 0.250 e. The van der Waals surface area contributed by atoms with E-state index in [2.05, 4.69) is 10.0 Å². The quantitative estimate of drug-likeness (QED) is 0.538. The van der Waals surface area contributed by atoms with E-state index in [1.54, 1.807) is 12.1 Å². The molecule has 4 N–H and O–H groups in total. The van der Waals surface area contributed by atoms with E-state index in [0.717, 1.165) is 5.56 Å². The zero-order valence-electron chi connectivity index (χ0n) is 14.4. The Labute approximate surface area is 153 Å². The van der Waals surface area contributed by atoms with Gasteiger partial charge in [0.05, 0.1) is 11.5 Å². The standard InChI is InChI=1S/C18H23N3O4S/c19-10-11-20-26(23,24)17-8-4-7-16(13-17)21-18(22)14-25-12-9-15-5-2-1-3-6-15/h1-8,13,20H,9-12,14,19H2,(H,21,22). The molecule has 1 amide bonds. The highest BCUT2D eigenvalue weighted by molar-refractivity contribution is 7.89. The highest BCUT2D eigenvalue weighted by Gasteiger charge is 2.14. The number of sulfonamides is 1. The number of amides is 1. The van der Waals surface area contributed by atoms with Gasteiger partial charge in [0.1, 0.15) is 6.61 Å². The third-order valence-corrected chi connectivity index (χ3v) is 4.93. The zero-order valence-corrected chi connectivity index (χ0v) is 15.2. The molecule has 0 aliphatic rings. The molecule has 0 aromatic heterocycles. The molecule has 0 radical (unpaired) electrons. The number of hydrogen-bond donors (Lipinski definition) is 3. The van der Waals surface area contributed by atoms with Crippen LogP contribution in [0.2, 0.25) is 0 Å². The first kappa shape index (κ1) is 20.1. The molecule has 0 heterocycles. The summed E-state index contributed by atoms with van der Waals surface area (Å²) < 4.78 is 31.9. The zero-order chi connectivity index (χ0) is 18.8. The van der Waals surface area contributed by atoms with Gasteiger partial charge in [0.25, 0.3) is 0 Å². The summed E-state index contributed by atoms with van der Waals surface area (Å²) in [6.07, 6.45) is 0.717. The molecule has 26 heavy (non-hydrogen) atoms. The van der Waals surface area contributed by atoms with Crippen molar-refractivity contribution >= 4 is 21.6 Å². The number of anilines is 1. The van der Waals surface area contributed by atoms with Crippen molar-refractivity contribution in [3.05, 3.63) is 60.2 Å². The van der Waals surface area contributed by atoms with Gasteiger partial charge in [0.15, 0.2) is 0 Å². The van der Waals surface area contributed by atoms with Crippen molar-refractivity contribution in [3.63, 3.8) is 0 Å². The minimum Gasteiger partial charge on any atom is -0.371 e. The van der Waals surface area contributed by atoms with Gasteiger partial charge in [-0.3, -0.25) is 4.79 Å². The average Bonchev–Trinajstić information content (AvgIpc) is 2.65. The van der Waals surface area contributed by atoms with E-state index in [9.17, 15) is 13.2 Å². The van der Waals surface area contributed by atoms with Crippen LogP contribution in [0.15, 0.2) is 59.5 Å². The van der Waals surface area contributed by atoms with E-state index in [4.69, 9.17) is 10.5 Å². The van der Waals surface area contributed by atoms with Gasteiger partial charge in [-0.05, 0) is 30.2 Å². The molecule has 0 bridgehead atoms. The number of hydrogen-bond acceptors (Lipinski definition) is 5. The number of nitrogens with two attached hydrogens (primary N) is 1. The summed E-state index contributed by atoms with van der Waals surface area (Å²) >= 11 is 0. The summed E-state index contributed by atoms with van der Waals surface area (Å²) in [6.45, 7) is 0.675. The molecule has 2 aromatic carbocycles. The number of rotatable bonds is 10. The normalized spacial score (nSPS) is 11.3. The fourth-order valence-electron chi connectivity index (χ4n) is 2.21. The number of nitrogens with one attached hydrogen (secondary N) is 2. The molecule has 0 aliphatic heterocycles. The number of carbonyl (C=O) groups is 1. The highest BCUT2D eigenvalue weighted by atomic mass is 32.2. The van der Waals surface area contributed by atoms with Crippen molar-refractivity contribution in [1.29, 1.82) is 0 Å². The van der Waals surface area contributed by atoms with Crippen LogP contribution >= 0.6 is 0 Å². The summed E-state index contributed by atoms with van der Waals surface area (Å²) in [4.78, 5) is 12.0. The van der Waals surface area contributed by atoms with Crippen LogP contribution in [-0.2, 0) is 26.0 Å². The summed E-state index contributed by atoms with van der Waals surface area (Å²) in [5, 5.41) is 2.63. The van der Waals surface area contributed by atoms with Crippen molar-refractivity contribution in [2.24, 2.45) is 5.73 Å². The van der Waals surface area contributed by atoms with Crippen molar-refractivity contribution in [2.75, 3.05) is 31.6 Å².